The van der Waals surface area contributed by atoms with Crippen LogP contribution in [0.2, 0.25) is 0 Å². The van der Waals surface area contributed by atoms with E-state index in [1.807, 2.05) is 0 Å². The zero-order valence-corrected chi connectivity index (χ0v) is 8.41. The van der Waals surface area contributed by atoms with E-state index >= 15 is 0 Å². The quantitative estimate of drug-likeness (QED) is 0.656. The molecule has 0 saturated heterocycles. The van der Waals surface area contributed by atoms with Crippen LogP contribution in [-0.2, 0) is 9.53 Å². The third-order valence-electron chi connectivity index (χ3n) is 2.07. The fourth-order valence-corrected chi connectivity index (χ4v) is 1.19. The summed E-state index contributed by atoms with van der Waals surface area (Å²) in [4.78, 5) is 11.2. The van der Waals surface area contributed by atoms with E-state index in [1.54, 1.807) is 0 Å². The van der Waals surface area contributed by atoms with Gasteiger partial charge in [-0.2, -0.15) is 0 Å². The van der Waals surface area contributed by atoms with Crippen LogP contribution >= 0.6 is 12.4 Å². The molecule has 0 bridgehead atoms. The van der Waals surface area contributed by atoms with Crippen LogP contribution in [0.25, 0.3) is 0 Å². The SMILES string of the molecule is COC(=O)[C@]1(C)CNCC=C1F.Cl. The molecular formula is C8H13ClFNO2. The highest BCUT2D eigenvalue weighted by Crippen LogP contribution is 2.30. The largest absolute Gasteiger partial charge is 0.468 e. The molecule has 1 aliphatic rings. The van der Waals surface area contributed by atoms with Crippen LogP contribution in [0.15, 0.2) is 11.9 Å². The lowest BCUT2D eigenvalue weighted by Gasteiger charge is -2.28. The van der Waals surface area contributed by atoms with Gasteiger partial charge in [0.05, 0.1) is 7.11 Å². The van der Waals surface area contributed by atoms with Crippen LogP contribution in [0, 0.1) is 5.41 Å². The number of methoxy groups -OCH3 is 1. The summed E-state index contributed by atoms with van der Waals surface area (Å²) in [5.74, 6) is -0.948. The second-order valence-electron chi connectivity index (χ2n) is 3.01. The number of esters is 1. The van der Waals surface area contributed by atoms with Crippen molar-refractivity contribution in [1.29, 1.82) is 0 Å². The van der Waals surface area contributed by atoms with Gasteiger partial charge in [-0.25, -0.2) is 4.39 Å². The second-order valence-corrected chi connectivity index (χ2v) is 3.01. The molecular weight excluding hydrogens is 197 g/mol. The number of ether oxygens (including phenoxy) is 1. The Hall–Kier alpha value is -0.610. The van der Waals surface area contributed by atoms with Crippen molar-refractivity contribution < 1.29 is 13.9 Å². The van der Waals surface area contributed by atoms with Crippen LogP contribution < -0.4 is 5.32 Å². The van der Waals surface area contributed by atoms with Gasteiger partial charge in [-0.3, -0.25) is 4.79 Å². The Balaban J connectivity index is 0.00000144. The van der Waals surface area contributed by atoms with Gasteiger partial charge in [0, 0.05) is 13.1 Å². The maximum Gasteiger partial charge on any atom is 0.319 e. The molecule has 0 aliphatic carbocycles. The molecule has 0 aromatic rings. The van der Waals surface area contributed by atoms with Crippen molar-refractivity contribution >= 4 is 18.4 Å². The Morgan fingerprint density at radius 1 is 1.77 bits per heavy atom. The Bertz CT molecular complexity index is 232. The predicted molar refractivity (Wildman–Crippen MR) is 49.4 cm³/mol. The summed E-state index contributed by atoms with van der Waals surface area (Å²) in [6.45, 7) is 2.29. The van der Waals surface area contributed by atoms with Crippen molar-refractivity contribution in [2.75, 3.05) is 20.2 Å². The maximum atomic E-state index is 13.2. The molecule has 0 radical (unpaired) electrons. The fraction of sp³-hybridized carbons (Fsp3) is 0.625. The summed E-state index contributed by atoms with van der Waals surface area (Å²) in [5, 5.41) is 2.90. The number of nitrogens with one attached hydrogen (secondary N) is 1. The van der Waals surface area contributed by atoms with Crippen molar-refractivity contribution in [2.45, 2.75) is 6.92 Å². The van der Waals surface area contributed by atoms with Gasteiger partial charge < -0.3 is 10.1 Å². The van der Waals surface area contributed by atoms with Gasteiger partial charge in [0.15, 0.2) is 0 Å². The molecule has 1 rings (SSSR count). The first-order valence-electron chi connectivity index (χ1n) is 3.76. The van der Waals surface area contributed by atoms with Gasteiger partial charge in [0.1, 0.15) is 11.2 Å². The lowest BCUT2D eigenvalue weighted by molar-refractivity contribution is -0.150. The normalized spacial score (nSPS) is 27.2. The van der Waals surface area contributed by atoms with Gasteiger partial charge in [0.2, 0.25) is 0 Å². The minimum atomic E-state index is -1.13. The monoisotopic (exact) mass is 209 g/mol. The fourth-order valence-electron chi connectivity index (χ4n) is 1.19. The lowest BCUT2D eigenvalue weighted by atomic mass is 9.87. The minimum Gasteiger partial charge on any atom is -0.468 e. The van der Waals surface area contributed by atoms with E-state index in [0.717, 1.165) is 0 Å². The zero-order chi connectivity index (χ0) is 9.19. The lowest BCUT2D eigenvalue weighted by Crippen LogP contribution is -2.43. The highest BCUT2D eigenvalue weighted by molar-refractivity contribution is 5.85. The van der Waals surface area contributed by atoms with E-state index in [1.165, 1.54) is 20.1 Å². The molecule has 1 heterocycles. The molecule has 0 fully saturated rings. The third-order valence-corrected chi connectivity index (χ3v) is 2.07. The first-order valence-corrected chi connectivity index (χ1v) is 3.76. The summed E-state index contributed by atoms with van der Waals surface area (Å²) < 4.78 is 17.7. The molecule has 0 saturated carbocycles. The van der Waals surface area contributed by atoms with Gasteiger partial charge in [-0.15, -0.1) is 12.4 Å². The van der Waals surface area contributed by atoms with Crippen molar-refractivity contribution in [3.05, 3.63) is 11.9 Å². The van der Waals surface area contributed by atoms with Crippen molar-refractivity contribution in [3.8, 4) is 0 Å². The molecule has 0 spiro atoms. The highest BCUT2D eigenvalue weighted by atomic mass is 35.5. The van der Waals surface area contributed by atoms with E-state index in [2.05, 4.69) is 10.1 Å². The van der Waals surface area contributed by atoms with E-state index < -0.39 is 17.2 Å². The topological polar surface area (TPSA) is 38.3 Å². The summed E-state index contributed by atoms with van der Waals surface area (Å²) in [5.41, 5.74) is -1.13. The first kappa shape index (κ1) is 12.4. The summed E-state index contributed by atoms with van der Waals surface area (Å²) in [7, 11) is 1.26. The molecule has 0 amide bonds. The van der Waals surface area contributed by atoms with Gasteiger partial charge in [-0.05, 0) is 13.0 Å². The van der Waals surface area contributed by atoms with E-state index in [0.29, 0.717) is 13.1 Å². The van der Waals surface area contributed by atoms with Crippen LogP contribution in [0.3, 0.4) is 0 Å². The van der Waals surface area contributed by atoms with Crippen LogP contribution in [0.5, 0.6) is 0 Å². The third kappa shape index (κ3) is 2.19. The minimum absolute atomic E-state index is 0. The molecule has 3 nitrogen and oxygen atoms in total. The Morgan fingerprint density at radius 2 is 2.38 bits per heavy atom. The predicted octanol–water partition coefficient (Wildman–Crippen LogP) is 1.04. The Labute approximate surface area is 82.7 Å². The van der Waals surface area contributed by atoms with Crippen LogP contribution in [0.1, 0.15) is 6.92 Å². The van der Waals surface area contributed by atoms with Crippen molar-refractivity contribution in [1.82, 2.24) is 5.32 Å². The van der Waals surface area contributed by atoms with Crippen LogP contribution in [-0.4, -0.2) is 26.2 Å². The summed E-state index contributed by atoms with van der Waals surface area (Å²) >= 11 is 0. The van der Waals surface area contributed by atoms with E-state index in [-0.39, 0.29) is 12.4 Å². The molecule has 1 atom stereocenters. The molecule has 0 unspecified atom stereocenters. The molecule has 5 heteroatoms. The summed E-state index contributed by atoms with van der Waals surface area (Å²) in [6, 6.07) is 0. The zero-order valence-electron chi connectivity index (χ0n) is 7.59. The number of rotatable bonds is 1. The molecule has 1 aliphatic heterocycles. The number of carbonyl (C=O) groups excluding carboxylic acids is 1. The highest BCUT2D eigenvalue weighted by Gasteiger charge is 2.40. The number of carbonyl (C=O) groups is 1. The molecule has 13 heavy (non-hydrogen) atoms. The van der Waals surface area contributed by atoms with E-state index in [9.17, 15) is 9.18 Å². The Morgan fingerprint density at radius 3 is 2.85 bits per heavy atom. The Kier molecular flexibility index (Phi) is 4.36. The van der Waals surface area contributed by atoms with Crippen molar-refractivity contribution in [3.63, 3.8) is 0 Å². The average molecular weight is 210 g/mol. The van der Waals surface area contributed by atoms with E-state index in [4.69, 9.17) is 0 Å². The summed E-state index contributed by atoms with van der Waals surface area (Å²) in [6.07, 6.45) is 1.36. The number of hydrogen-bond acceptors (Lipinski definition) is 3. The average Bonchev–Trinajstić information content (AvgIpc) is 2.09. The molecule has 1 N–H and O–H groups in total. The molecule has 76 valence electrons. The molecule has 0 aromatic carbocycles. The maximum absolute atomic E-state index is 13.2. The first-order chi connectivity index (χ1) is 5.61. The van der Waals surface area contributed by atoms with Gasteiger partial charge in [-0.1, -0.05) is 0 Å². The standard InChI is InChI=1S/C8H12FNO2.ClH/c1-8(7(11)12-2)5-10-4-3-6(8)9;/h3,10H,4-5H2,1-2H3;1H/t8-;/m1./s1. The molecule has 0 aromatic heterocycles. The van der Waals surface area contributed by atoms with Crippen molar-refractivity contribution in [2.24, 2.45) is 5.41 Å². The van der Waals surface area contributed by atoms with Gasteiger partial charge in [0.25, 0.3) is 0 Å². The van der Waals surface area contributed by atoms with Crippen LogP contribution in [0.4, 0.5) is 4.39 Å². The number of hydrogen-bond donors (Lipinski definition) is 1. The van der Waals surface area contributed by atoms with Gasteiger partial charge >= 0.3 is 5.97 Å². The second kappa shape index (κ2) is 4.58. The smallest absolute Gasteiger partial charge is 0.319 e. The number of halogens is 2.